The second-order valence-electron chi connectivity index (χ2n) is 5.31. The van der Waals surface area contributed by atoms with Crippen LogP contribution in [0.1, 0.15) is 44.2 Å². The molecule has 0 aromatic heterocycles. The van der Waals surface area contributed by atoms with E-state index in [4.69, 9.17) is 5.26 Å². The Balaban J connectivity index is 2.48. The number of nitriles is 1. The van der Waals surface area contributed by atoms with E-state index in [-0.39, 0.29) is 5.75 Å². The van der Waals surface area contributed by atoms with Gasteiger partial charge in [0.25, 0.3) is 0 Å². The van der Waals surface area contributed by atoms with E-state index in [1.54, 1.807) is 24.3 Å². The van der Waals surface area contributed by atoms with Crippen molar-refractivity contribution in [3.8, 4) is 6.07 Å². The Morgan fingerprint density at radius 1 is 1.25 bits per heavy atom. The summed E-state index contributed by atoms with van der Waals surface area (Å²) < 4.78 is 26.5. The van der Waals surface area contributed by atoms with Crippen molar-refractivity contribution in [2.45, 2.75) is 38.9 Å². The van der Waals surface area contributed by atoms with E-state index < -0.39 is 10.0 Å². The van der Waals surface area contributed by atoms with Gasteiger partial charge in [-0.1, -0.05) is 44.9 Å². The van der Waals surface area contributed by atoms with Crippen molar-refractivity contribution in [3.05, 3.63) is 35.4 Å². The van der Waals surface area contributed by atoms with Crippen LogP contribution in [-0.2, 0) is 15.8 Å². The van der Waals surface area contributed by atoms with Crippen molar-refractivity contribution in [1.82, 2.24) is 4.72 Å². The SMILES string of the molecule is CC(C)CCCCNS(=O)(=O)Cc1ccccc1C#N. The van der Waals surface area contributed by atoms with E-state index >= 15 is 0 Å². The maximum atomic E-state index is 11.9. The van der Waals surface area contributed by atoms with Crippen LogP contribution in [0.3, 0.4) is 0 Å². The van der Waals surface area contributed by atoms with Gasteiger partial charge in [0.05, 0.1) is 17.4 Å². The molecule has 0 heterocycles. The molecule has 0 radical (unpaired) electrons. The van der Waals surface area contributed by atoms with Gasteiger partial charge in [0.15, 0.2) is 0 Å². The van der Waals surface area contributed by atoms with E-state index in [9.17, 15) is 8.42 Å². The first-order valence-corrected chi connectivity index (χ1v) is 8.55. The highest BCUT2D eigenvalue weighted by Gasteiger charge is 2.13. The summed E-state index contributed by atoms with van der Waals surface area (Å²) >= 11 is 0. The quantitative estimate of drug-likeness (QED) is 0.749. The first-order valence-electron chi connectivity index (χ1n) is 6.90. The number of nitrogens with one attached hydrogen (secondary N) is 1. The Labute approximate surface area is 121 Å². The zero-order chi connectivity index (χ0) is 15.0. The molecule has 20 heavy (non-hydrogen) atoms. The molecule has 0 bridgehead atoms. The number of nitrogens with zero attached hydrogens (tertiary/aromatic N) is 1. The number of hydrogen-bond acceptors (Lipinski definition) is 3. The zero-order valence-corrected chi connectivity index (χ0v) is 12.9. The Morgan fingerprint density at radius 3 is 2.60 bits per heavy atom. The fourth-order valence-corrected chi connectivity index (χ4v) is 3.13. The number of rotatable bonds is 8. The summed E-state index contributed by atoms with van der Waals surface area (Å²) in [5.41, 5.74) is 0.961. The van der Waals surface area contributed by atoms with Crippen LogP contribution < -0.4 is 4.72 Å². The summed E-state index contributed by atoms with van der Waals surface area (Å²) in [5, 5.41) is 8.95. The molecule has 0 aliphatic heterocycles. The summed E-state index contributed by atoms with van der Waals surface area (Å²) in [6, 6.07) is 8.80. The molecule has 0 amide bonds. The molecule has 0 aliphatic rings. The lowest BCUT2D eigenvalue weighted by Crippen LogP contribution is -2.26. The van der Waals surface area contributed by atoms with Gasteiger partial charge in [0, 0.05) is 6.54 Å². The van der Waals surface area contributed by atoms with Gasteiger partial charge in [-0.3, -0.25) is 0 Å². The van der Waals surface area contributed by atoms with Gasteiger partial charge >= 0.3 is 0 Å². The lowest BCUT2D eigenvalue weighted by atomic mass is 10.1. The van der Waals surface area contributed by atoms with E-state index in [2.05, 4.69) is 18.6 Å². The summed E-state index contributed by atoms with van der Waals surface area (Å²) in [4.78, 5) is 0. The minimum absolute atomic E-state index is 0.138. The van der Waals surface area contributed by atoms with Gasteiger partial charge in [-0.2, -0.15) is 5.26 Å². The summed E-state index contributed by atoms with van der Waals surface area (Å²) in [6.07, 6.45) is 2.98. The number of hydrogen-bond donors (Lipinski definition) is 1. The molecule has 0 saturated carbocycles. The predicted octanol–water partition coefficient (Wildman–Crippen LogP) is 2.80. The lowest BCUT2D eigenvalue weighted by Gasteiger charge is -2.08. The van der Waals surface area contributed by atoms with Crippen molar-refractivity contribution in [3.63, 3.8) is 0 Å². The molecular formula is C15H22N2O2S. The molecule has 0 fully saturated rings. The van der Waals surface area contributed by atoms with Crippen molar-refractivity contribution in [2.24, 2.45) is 5.92 Å². The molecule has 0 spiro atoms. The van der Waals surface area contributed by atoms with Crippen molar-refractivity contribution in [1.29, 1.82) is 5.26 Å². The third-order valence-corrected chi connectivity index (χ3v) is 4.35. The molecule has 110 valence electrons. The fourth-order valence-electron chi connectivity index (χ4n) is 1.92. The maximum Gasteiger partial charge on any atom is 0.215 e. The third-order valence-electron chi connectivity index (χ3n) is 3.01. The average molecular weight is 294 g/mol. The molecule has 0 atom stereocenters. The fraction of sp³-hybridized carbons (Fsp3) is 0.533. The van der Waals surface area contributed by atoms with E-state index in [1.165, 1.54) is 0 Å². The van der Waals surface area contributed by atoms with Crippen LogP contribution in [0, 0.1) is 17.2 Å². The van der Waals surface area contributed by atoms with Crippen LogP contribution in [0.25, 0.3) is 0 Å². The van der Waals surface area contributed by atoms with Gasteiger partial charge < -0.3 is 0 Å². The van der Waals surface area contributed by atoms with Gasteiger partial charge in [0.1, 0.15) is 0 Å². The van der Waals surface area contributed by atoms with Crippen LogP contribution >= 0.6 is 0 Å². The smallest absolute Gasteiger partial charge is 0.215 e. The second-order valence-corrected chi connectivity index (χ2v) is 7.12. The van der Waals surface area contributed by atoms with Gasteiger partial charge in [0.2, 0.25) is 10.0 Å². The van der Waals surface area contributed by atoms with Crippen LogP contribution in [0.4, 0.5) is 0 Å². The minimum Gasteiger partial charge on any atom is -0.215 e. The highest BCUT2D eigenvalue weighted by atomic mass is 32.2. The topological polar surface area (TPSA) is 70.0 Å². The monoisotopic (exact) mass is 294 g/mol. The molecule has 1 rings (SSSR count). The number of sulfonamides is 1. The summed E-state index contributed by atoms with van der Waals surface area (Å²) in [7, 11) is -3.37. The first-order chi connectivity index (χ1) is 9.44. The summed E-state index contributed by atoms with van der Waals surface area (Å²) in [5.74, 6) is 0.509. The highest BCUT2D eigenvalue weighted by molar-refractivity contribution is 7.88. The Hall–Kier alpha value is -1.38. The molecule has 0 unspecified atom stereocenters. The maximum absolute atomic E-state index is 11.9. The molecule has 4 nitrogen and oxygen atoms in total. The van der Waals surface area contributed by atoms with Gasteiger partial charge in [-0.05, 0) is 24.0 Å². The molecule has 0 aliphatic carbocycles. The standard InChI is InChI=1S/C15H22N2O2S/c1-13(2)7-5-6-10-17-20(18,19)12-15-9-4-3-8-14(15)11-16/h3-4,8-9,13,17H,5-7,10,12H2,1-2H3. The molecule has 1 N–H and O–H groups in total. The lowest BCUT2D eigenvalue weighted by molar-refractivity contribution is 0.530. The van der Waals surface area contributed by atoms with Gasteiger partial charge in [-0.25, -0.2) is 13.1 Å². The first kappa shape index (κ1) is 16.7. The average Bonchev–Trinajstić information content (AvgIpc) is 2.38. The van der Waals surface area contributed by atoms with Crippen molar-refractivity contribution < 1.29 is 8.42 Å². The normalized spacial score (nSPS) is 11.5. The minimum atomic E-state index is -3.37. The van der Waals surface area contributed by atoms with Gasteiger partial charge in [-0.15, -0.1) is 0 Å². The zero-order valence-electron chi connectivity index (χ0n) is 12.1. The molecule has 5 heteroatoms. The number of unbranched alkanes of at least 4 members (excludes halogenated alkanes) is 1. The molecular weight excluding hydrogens is 272 g/mol. The van der Waals surface area contributed by atoms with E-state index in [1.807, 2.05) is 6.07 Å². The predicted molar refractivity (Wildman–Crippen MR) is 80.5 cm³/mol. The van der Waals surface area contributed by atoms with Crippen LogP contribution in [0.5, 0.6) is 0 Å². The Kier molecular flexibility index (Phi) is 6.69. The summed E-state index contributed by atoms with van der Waals surface area (Å²) in [6.45, 7) is 4.77. The third kappa shape index (κ3) is 6.18. The van der Waals surface area contributed by atoms with Crippen molar-refractivity contribution >= 4 is 10.0 Å². The second kappa shape index (κ2) is 8.03. The Bertz CT molecular complexity index is 559. The van der Waals surface area contributed by atoms with Crippen LogP contribution in [0.15, 0.2) is 24.3 Å². The van der Waals surface area contributed by atoms with Crippen molar-refractivity contribution in [2.75, 3.05) is 6.54 Å². The van der Waals surface area contributed by atoms with Crippen LogP contribution in [0.2, 0.25) is 0 Å². The number of benzene rings is 1. The molecule has 1 aromatic rings. The van der Waals surface area contributed by atoms with E-state index in [0.717, 1.165) is 19.3 Å². The van der Waals surface area contributed by atoms with Crippen LogP contribution in [-0.4, -0.2) is 15.0 Å². The highest BCUT2D eigenvalue weighted by Crippen LogP contribution is 2.11. The Morgan fingerprint density at radius 2 is 1.95 bits per heavy atom. The molecule has 1 aromatic carbocycles. The van der Waals surface area contributed by atoms with E-state index in [0.29, 0.717) is 23.6 Å². The largest absolute Gasteiger partial charge is 0.215 e. The molecule has 0 saturated heterocycles.